The van der Waals surface area contributed by atoms with E-state index >= 15 is 0 Å². The maximum absolute atomic E-state index is 6.01. The average Bonchev–Trinajstić information content (AvgIpc) is 2.47. The third kappa shape index (κ3) is 7.37. The van der Waals surface area contributed by atoms with Crippen LogP contribution in [0.1, 0.15) is 40.2 Å². The first-order chi connectivity index (χ1) is 10.7. The predicted octanol–water partition coefficient (Wildman–Crippen LogP) is 2.95. The van der Waals surface area contributed by atoms with E-state index in [1.807, 2.05) is 52.8 Å². The summed E-state index contributed by atoms with van der Waals surface area (Å²) in [6.07, 6.45) is 0. The molecule has 0 fully saturated rings. The molecule has 0 aliphatic heterocycles. The Balaban J connectivity index is 2.66. The van der Waals surface area contributed by atoms with E-state index in [9.17, 15) is 0 Å². The van der Waals surface area contributed by atoms with Crippen LogP contribution >= 0.6 is 0 Å². The third-order valence-corrected chi connectivity index (χ3v) is 3.29. The van der Waals surface area contributed by atoms with E-state index in [4.69, 9.17) is 9.47 Å². The molecule has 130 valence electrons. The van der Waals surface area contributed by atoms with Crippen LogP contribution in [-0.2, 0) is 11.3 Å². The van der Waals surface area contributed by atoms with Crippen LogP contribution in [0.3, 0.4) is 0 Å². The Morgan fingerprint density at radius 3 is 2.30 bits per heavy atom. The second-order valence-corrected chi connectivity index (χ2v) is 7.07. The summed E-state index contributed by atoms with van der Waals surface area (Å²) in [5.41, 5.74) is 0.625. The largest absolute Gasteiger partial charge is 0.488 e. The Hall–Kier alpha value is -1.75. The summed E-state index contributed by atoms with van der Waals surface area (Å²) in [5.74, 6) is 1.63. The molecule has 5 nitrogen and oxygen atoms in total. The van der Waals surface area contributed by atoms with Gasteiger partial charge in [-0.1, -0.05) is 18.2 Å². The highest BCUT2D eigenvalue weighted by Crippen LogP contribution is 2.22. The molecule has 1 aromatic rings. The highest BCUT2D eigenvalue weighted by Gasteiger charge is 2.17. The van der Waals surface area contributed by atoms with Gasteiger partial charge in [0.25, 0.3) is 0 Å². The molecule has 5 heteroatoms. The fourth-order valence-corrected chi connectivity index (χ4v) is 1.85. The van der Waals surface area contributed by atoms with Crippen LogP contribution in [-0.4, -0.2) is 37.9 Å². The number of aliphatic imine (C=N–C) groups is 1. The maximum Gasteiger partial charge on any atom is 0.191 e. The number of hydrogen-bond acceptors (Lipinski definition) is 3. The quantitative estimate of drug-likeness (QED) is 0.625. The number of rotatable bonds is 6. The van der Waals surface area contributed by atoms with Gasteiger partial charge in [0, 0.05) is 32.8 Å². The predicted molar refractivity (Wildman–Crippen MR) is 96.1 cm³/mol. The van der Waals surface area contributed by atoms with Crippen LogP contribution in [0, 0.1) is 0 Å². The molecule has 0 unspecified atom stereocenters. The molecule has 0 aliphatic rings. The number of guanidine groups is 1. The zero-order chi connectivity index (χ0) is 17.5. The normalized spacial score (nSPS) is 12.9. The number of nitrogens with zero attached hydrogens (tertiary/aromatic N) is 1. The van der Waals surface area contributed by atoms with Crippen molar-refractivity contribution in [3.05, 3.63) is 29.8 Å². The van der Waals surface area contributed by atoms with Crippen molar-refractivity contribution >= 4 is 5.96 Å². The SMILES string of the molecule is CN=C(NCc1ccccc1OC(C)(C)C)NCC(C)(C)OC. The number of nitrogens with one attached hydrogen (secondary N) is 2. The Kier molecular flexibility index (Phi) is 6.88. The molecular weight excluding hydrogens is 290 g/mol. The fourth-order valence-electron chi connectivity index (χ4n) is 1.85. The number of methoxy groups -OCH3 is 1. The lowest BCUT2D eigenvalue weighted by Gasteiger charge is -2.25. The van der Waals surface area contributed by atoms with Gasteiger partial charge in [-0.3, -0.25) is 4.99 Å². The molecule has 23 heavy (non-hydrogen) atoms. The van der Waals surface area contributed by atoms with Crippen LogP contribution in [0.2, 0.25) is 0 Å². The summed E-state index contributed by atoms with van der Waals surface area (Å²) in [6.45, 7) is 11.5. The molecule has 0 heterocycles. The third-order valence-electron chi connectivity index (χ3n) is 3.29. The van der Waals surface area contributed by atoms with Crippen LogP contribution in [0.15, 0.2) is 29.3 Å². The number of para-hydroxylation sites is 1. The van der Waals surface area contributed by atoms with Crippen molar-refractivity contribution in [2.75, 3.05) is 20.7 Å². The Morgan fingerprint density at radius 1 is 1.09 bits per heavy atom. The van der Waals surface area contributed by atoms with Gasteiger partial charge in [-0.15, -0.1) is 0 Å². The van der Waals surface area contributed by atoms with Gasteiger partial charge in [-0.2, -0.15) is 0 Å². The molecular formula is C18H31N3O2. The Labute approximate surface area is 140 Å². The van der Waals surface area contributed by atoms with Gasteiger partial charge >= 0.3 is 0 Å². The first-order valence-corrected chi connectivity index (χ1v) is 7.93. The summed E-state index contributed by atoms with van der Waals surface area (Å²) in [7, 11) is 3.46. The molecule has 0 bridgehead atoms. The summed E-state index contributed by atoms with van der Waals surface area (Å²) in [5, 5.41) is 6.58. The number of hydrogen-bond donors (Lipinski definition) is 2. The standard InChI is InChI=1S/C18H31N3O2/c1-17(2,3)23-15-11-9-8-10-14(15)12-20-16(19-6)21-13-18(4,5)22-7/h8-11H,12-13H2,1-7H3,(H2,19,20,21). The van der Waals surface area contributed by atoms with Crippen molar-refractivity contribution in [3.63, 3.8) is 0 Å². The minimum atomic E-state index is -0.245. The lowest BCUT2D eigenvalue weighted by molar-refractivity contribution is 0.0268. The average molecular weight is 321 g/mol. The molecule has 0 aliphatic carbocycles. The van der Waals surface area contributed by atoms with E-state index in [-0.39, 0.29) is 11.2 Å². The van der Waals surface area contributed by atoms with Gasteiger partial charge in [-0.25, -0.2) is 0 Å². The number of benzene rings is 1. The smallest absolute Gasteiger partial charge is 0.191 e. The highest BCUT2D eigenvalue weighted by atomic mass is 16.5. The molecule has 2 N–H and O–H groups in total. The summed E-state index contributed by atoms with van der Waals surface area (Å²) >= 11 is 0. The molecule has 1 rings (SSSR count). The summed E-state index contributed by atoms with van der Waals surface area (Å²) in [4.78, 5) is 4.24. The second-order valence-electron chi connectivity index (χ2n) is 7.07. The van der Waals surface area contributed by atoms with Crippen molar-refractivity contribution < 1.29 is 9.47 Å². The van der Waals surface area contributed by atoms with Crippen LogP contribution < -0.4 is 15.4 Å². The summed E-state index contributed by atoms with van der Waals surface area (Å²) < 4.78 is 11.4. The van der Waals surface area contributed by atoms with Gasteiger partial charge in [0.05, 0.1) is 5.60 Å². The highest BCUT2D eigenvalue weighted by molar-refractivity contribution is 5.79. The van der Waals surface area contributed by atoms with E-state index < -0.39 is 0 Å². The zero-order valence-corrected chi connectivity index (χ0v) is 15.5. The van der Waals surface area contributed by atoms with Crippen LogP contribution in [0.25, 0.3) is 0 Å². The lowest BCUT2D eigenvalue weighted by Crippen LogP contribution is -2.45. The van der Waals surface area contributed by atoms with E-state index in [0.29, 0.717) is 13.1 Å². The topological polar surface area (TPSA) is 54.9 Å². The van der Waals surface area contributed by atoms with Gasteiger partial charge < -0.3 is 20.1 Å². The lowest BCUT2D eigenvalue weighted by atomic mass is 10.1. The molecule has 0 saturated heterocycles. The first-order valence-electron chi connectivity index (χ1n) is 7.93. The Bertz CT molecular complexity index is 519. The second kappa shape index (κ2) is 8.20. The first kappa shape index (κ1) is 19.3. The van der Waals surface area contributed by atoms with E-state index in [1.165, 1.54) is 0 Å². The zero-order valence-electron chi connectivity index (χ0n) is 15.5. The molecule has 0 aromatic heterocycles. The van der Waals surface area contributed by atoms with Crippen molar-refractivity contribution in [1.29, 1.82) is 0 Å². The van der Waals surface area contributed by atoms with Gasteiger partial charge in [-0.05, 0) is 40.7 Å². The van der Waals surface area contributed by atoms with Crippen molar-refractivity contribution in [3.8, 4) is 5.75 Å². The van der Waals surface area contributed by atoms with Crippen molar-refractivity contribution in [2.24, 2.45) is 4.99 Å². The minimum absolute atomic E-state index is 0.224. The summed E-state index contributed by atoms with van der Waals surface area (Å²) in [6, 6.07) is 8.04. The molecule has 1 aromatic carbocycles. The van der Waals surface area contributed by atoms with Crippen molar-refractivity contribution in [1.82, 2.24) is 10.6 Å². The van der Waals surface area contributed by atoms with Gasteiger partial charge in [0.1, 0.15) is 11.4 Å². The van der Waals surface area contributed by atoms with E-state index in [1.54, 1.807) is 14.2 Å². The van der Waals surface area contributed by atoms with Gasteiger partial charge in [0.2, 0.25) is 0 Å². The Morgan fingerprint density at radius 2 is 1.74 bits per heavy atom. The fraction of sp³-hybridized carbons (Fsp3) is 0.611. The van der Waals surface area contributed by atoms with Gasteiger partial charge in [0.15, 0.2) is 5.96 Å². The monoisotopic (exact) mass is 321 g/mol. The van der Waals surface area contributed by atoms with E-state index in [0.717, 1.165) is 17.3 Å². The van der Waals surface area contributed by atoms with Crippen LogP contribution in [0.5, 0.6) is 5.75 Å². The molecule has 0 spiro atoms. The molecule has 0 amide bonds. The molecule has 0 atom stereocenters. The van der Waals surface area contributed by atoms with Crippen molar-refractivity contribution in [2.45, 2.75) is 52.4 Å². The van der Waals surface area contributed by atoms with Crippen LogP contribution in [0.4, 0.5) is 0 Å². The molecule has 0 radical (unpaired) electrons. The maximum atomic E-state index is 6.01. The molecule has 0 saturated carbocycles. The minimum Gasteiger partial charge on any atom is -0.488 e. The number of ether oxygens (including phenoxy) is 2. The van der Waals surface area contributed by atoms with E-state index in [2.05, 4.69) is 21.7 Å².